The minimum atomic E-state index is -4.48. The first-order valence-corrected chi connectivity index (χ1v) is 11.8. The highest BCUT2D eigenvalue weighted by Gasteiger charge is 2.55. The molecule has 30 heavy (non-hydrogen) atoms. The van der Waals surface area contributed by atoms with Gasteiger partial charge in [-0.2, -0.15) is 4.31 Å². The van der Waals surface area contributed by atoms with Gasteiger partial charge in [0.2, 0.25) is 15.7 Å². The molecule has 2 aromatic carbocycles. The number of hydrogen-bond acceptors (Lipinski definition) is 6. The molecular formula is C18H16ClFN2O6S2. The number of nitrogens with zero attached hydrogens (tertiary/aromatic N) is 2. The minimum Gasteiger partial charge on any atom is -0.393 e. The molecule has 12 heteroatoms. The Morgan fingerprint density at radius 1 is 1.23 bits per heavy atom. The van der Waals surface area contributed by atoms with E-state index in [0.29, 0.717) is 6.07 Å². The summed E-state index contributed by atoms with van der Waals surface area (Å²) in [6, 6.07) is 8.13. The SMILES string of the molecule is [C-]#[N+]c1ccc(S(=O)(=O)[C@H]2CN(S(=O)(=O)c3ccccc3Cl)C[C@]2(O)CO)cc1F. The van der Waals surface area contributed by atoms with Crippen molar-refractivity contribution in [1.29, 1.82) is 0 Å². The number of sulfone groups is 1. The highest BCUT2D eigenvalue weighted by molar-refractivity contribution is 7.92. The van der Waals surface area contributed by atoms with Crippen molar-refractivity contribution in [1.82, 2.24) is 4.31 Å². The zero-order valence-electron chi connectivity index (χ0n) is 15.2. The van der Waals surface area contributed by atoms with Crippen molar-refractivity contribution in [2.75, 3.05) is 19.7 Å². The van der Waals surface area contributed by atoms with Gasteiger partial charge in [-0.1, -0.05) is 35.9 Å². The average molecular weight is 475 g/mol. The topological polar surface area (TPSA) is 116 Å². The molecule has 2 aromatic rings. The summed E-state index contributed by atoms with van der Waals surface area (Å²) < 4.78 is 66.8. The summed E-state index contributed by atoms with van der Waals surface area (Å²) in [5.74, 6) is -1.07. The summed E-state index contributed by atoms with van der Waals surface area (Å²) in [5.41, 5.74) is -2.72. The lowest BCUT2D eigenvalue weighted by atomic mass is 10.1. The van der Waals surface area contributed by atoms with Gasteiger partial charge in [0.1, 0.15) is 21.6 Å². The van der Waals surface area contributed by atoms with Crippen LogP contribution in [0, 0.1) is 12.4 Å². The Kier molecular flexibility index (Phi) is 5.94. The number of hydrogen-bond donors (Lipinski definition) is 2. The van der Waals surface area contributed by atoms with Gasteiger partial charge in [0.15, 0.2) is 9.84 Å². The van der Waals surface area contributed by atoms with E-state index < -0.39 is 61.1 Å². The van der Waals surface area contributed by atoms with Crippen molar-refractivity contribution in [3.05, 3.63) is 64.7 Å². The maximum absolute atomic E-state index is 14.0. The van der Waals surface area contributed by atoms with Gasteiger partial charge in [-0.05, 0) is 18.2 Å². The van der Waals surface area contributed by atoms with Crippen LogP contribution in [0.15, 0.2) is 52.3 Å². The number of halogens is 2. The molecule has 0 amide bonds. The Bertz CT molecular complexity index is 1250. The van der Waals surface area contributed by atoms with Gasteiger partial charge in [-0.25, -0.2) is 26.1 Å². The van der Waals surface area contributed by atoms with Crippen LogP contribution in [0.4, 0.5) is 10.1 Å². The van der Waals surface area contributed by atoms with Crippen LogP contribution in [0.25, 0.3) is 4.85 Å². The molecule has 1 aliphatic heterocycles. The van der Waals surface area contributed by atoms with Crippen LogP contribution in [0.5, 0.6) is 0 Å². The molecule has 0 radical (unpaired) electrons. The number of β-amino-alcohol motifs (C(OH)–C–C–N with tert-alkyl or cyclic N) is 1. The first kappa shape index (κ1) is 22.6. The summed E-state index contributed by atoms with van der Waals surface area (Å²) in [6.45, 7) is 4.41. The van der Waals surface area contributed by atoms with Crippen LogP contribution in [0.2, 0.25) is 5.02 Å². The first-order valence-electron chi connectivity index (χ1n) is 8.46. The fraction of sp³-hybridized carbons (Fsp3) is 0.278. The highest BCUT2D eigenvalue weighted by atomic mass is 35.5. The van der Waals surface area contributed by atoms with Gasteiger partial charge in [-0.15, -0.1) is 0 Å². The van der Waals surface area contributed by atoms with Crippen LogP contribution < -0.4 is 0 Å². The van der Waals surface area contributed by atoms with Crippen molar-refractivity contribution in [2.45, 2.75) is 20.6 Å². The van der Waals surface area contributed by atoms with Crippen LogP contribution in [-0.2, 0) is 19.9 Å². The molecule has 0 unspecified atom stereocenters. The zero-order chi connectivity index (χ0) is 22.3. The maximum Gasteiger partial charge on any atom is 0.244 e. The summed E-state index contributed by atoms with van der Waals surface area (Å²) >= 11 is 5.96. The van der Waals surface area contributed by atoms with E-state index in [-0.39, 0.29) is 15.6 Å². The number of aliphatic hydroxyl groups excluding tert-OH is 1. The fourth-order valence-electron chi connectivity index (χ4n) is 3.26. The number of benzene rings is 2. The lowest BCUT2D eigenvalue weighted by Gasteiger charge is -2.26. The predicted octanol–water partition coefficient (Wildman–Crippen LogP) is 1.60. The average Bonchev–Trinajstić information content (AvgIpc) is 3.08. The van der Waals surface area contributed by atoms with Crippen molar-refractivity contribution in [3.63, 3.8) is 0 Å². The van der Waals surface area contributed by atoms with Crippen molar-refractivity contribution < 1.29 is 31.4 Å². The number of aliphatic hydroxyl groups is 2. The Morgan fingerprint density at radius 2 is 1.90 bits per heavy atom. The number of sulfonamides is 1. The lowest BCUT2D eigenvalue weighted by Crippen LogP contribution is -2.49. The molecule has 2 N–H and O–H groups in total. The smallest absolute Gasteiger partial charge is 0.244 e. The van der Waals surface area contributed by atoms with Crippen molar-refractivity contribution in [3.8, 4) is 0 Å². The molecule has 1 fully saturated rings. The molecule has 3 rings (SSSR count). The third-order valence-corrected chi connectivity index (χ3v) is 9.45. The minimum absolute atomic E-state index is 0.0897. The van der Waals surface area contributed by atoms with Gasteiger partial charge < -0.3 is 10.2 Å². The van der Waals surface area contributed by atoms with Crippen molar-refractivity contribution in [2.24, 2.45) is 0 Å². The Morgan fingerprint density at radius 3 is 2.47 bits per heavy atom. The van der Waals surface area contributed by atoms with Gasteiger partial charge in [-0.3, -0.25) is 0 Å². The molecule has 1 saturated heterocycles. The molecule has 0 spiro atoms. The second kappa shape index (κ2) is 7.88. The summed E-state index contributed by atoms with van der Waals surface area (Å²) in [6.07, 6.45) is 0. The second-order valence-corrected chi connectivity index (χ2v) is 11.2. The summed E-state index contributed by atoms with van der Waals surface area (Å²) in [4.78, 5) is 2.09. The summed E-state index contributed by atoms with van der Waals surface area (Å²) in [7, 11) is -8.78. The monoisotopic (exact) mass is 474 g/mol. The van der Waals surface area contributed by atoms with Crippen LogP contribution in [0.1, 0.15) is 0 Å². The highest BCUT2D eigenvalue weighted by Crippen LogP contribution is 2.36. The van der Waals surface area contributed by atoms with E-state index in [4.69, 9.17) is 18.2 Å². The molecule has 160 valence electrons. The second-order valence-electron chi connectivity index (χ2n) is 6.75. The third-order valence-electron chi connectivity index (χ3n) is 4.89. The molecule has 0 saturated carbocycles. The third kappa shape index (κ3) is 3.71. The van der Waals surface area contributed by atoms with Crippen LogP contribution >= 0.6 is 11.6 Å². The van der Waals surface area contributed by atoms with E-state index >= 15 is 0 Å². The Balaban J connectivity index is 2.05. The molecule has 0 aliphatic carbocycles. The Hall–Kier alpha value is -2.07. The molecular weight excluding hydrogens is 459 g/mol. The van der Waals surface area contributed by atoms with Gasteiger partial charge >= 0.3 is 0 Å². The normalized spacial score (nSPS) is 22.7. The Labute approximate surface area is 177 Å². The quantitative estimate of drug-likeness (QED) is 0.636. The van der Waals surface area contributed by atoms with E-state index in [1.807, 2.05) is 0 Å². The fourth-order valence-corrected chi connectivity index (χ4v) is 7.32. The van der Waals surface area contributed by atoms with E-state index in [0.717, 1.165) is 16.4 Å². The van der Waals surface area contributed by atoms with Gasteiger partial charge in [0.05, 0.1) is 23.1 Å². The standard InChI is InChI=1S/C18H16ClFN2O6S2/c1-21-15-7-6-12(8-14(15)20)29(25,26)17-9-22(10-18(17,24)11-23)30(27,28)16-5-3-2-4-13(16)19/h2-8,17,23-24H,9-11H2/t17-,18-/m0/s1. The van der Waals surface area contributed by atoms with Crippen LogP contribution in [0.3, 0.4) is 0 Å². The largest absolute Gasteiger partial charge is 0.393 e. The first-order chi connectivity index (χ1) is 14.0. The lowest BCUT2D eigenvalue weighted by molar-refractivity contribution is 0.00159. The van der Waals surface area contributed by atoms with Gasteiger partial charge in [0.25, 0.3) is 0 Å². The predicted molar refractivity (Wildman–Crippen MR) is 106 cm³/mol. The summed E-state index contributed by atoms with van der Waals surface area (Å²) in [5, 5.41) is 18.6. The molecule has 8 nitrogen and oxygen atoms in total. The van der Waals surface area contributed by atoms with E-state index in [2.05, 4.69) is 4.85 Å². The maximum atomic E-state index is 14.0. The van der Waals surface area contributed by atoms with Crippen LogP contribution in [-0.4, -0.2) is 61.9 Å². The molecule has 0 bridgehead atoms. The number of rotatable bonds is 5. The zero-order valence-corrected chi connectivity index (χ0v) is 17.6. The molecule has 1 aliphatic rings. The molecule has 2 atom stereocenters. The molecule has 1 heterocycles. The molecule has 0 aromatic heterocycles. The van der Waals surface area contributed by atoms with Crippen molar-refractivity contribution >= 4 is 37.1 Å². The van der Waals surface area contributed by atoms with E-state index in [1.165, 1.54) is 24.3 Å². The van der Waals surface area contributed by atoms with E-state index in [1.54, 1.807) is 0 Å². The van der Waals surface area contributed by atoms with Gasteiger partial charge in [0, 0.05) is 13.1 Å². The van der Waals surface area contributed by atoms with E-state index in [9.17, 15) is 31.4 Å².